The second-order valence-corrected chi connectivity index (χ2v) is 4.84. The first kappa shape index (κ1) is 16.8. The van der Waals surface area contributed by atoms with Crippen molar-refractivity contribution in [2.24, 2.45) is 0 Å². The highest BCUT2D eigenvalue weighted by Crippen LogP contribution is 2.27. The van der Waals surface area contributed by atoms with Crippen molar-refractivity contribution in [3.05, 3.63) is 0 Å². The van der Waals surface area contributed by atoms with Crippen LogP contribution in [0, 0.1) is 0 Å². The zero-order valence-electron chi connectivity index (χ0n) is 11.5. The molecular weight excluding hydrogens is 275 g/mol. The van der Waals surface area contributed by atoms with Crippen molar-refractivity contribution in [2.75, 3.05) is 13.2 Å². The number of hydrogen-bond donors (Lipinski definition) is 0. The molecule has 0 aromatic heterocycles. The summed E-state index contributed by atoms with van der Waals surface area (Å²) in [5.74, 6) is -2.43. The summed E-state index contributed by atoms with van der Waals surface area (Å²) in [6.45, 7) is 1.56. The lowest BCUT2D eigenvalue weighted by Gasteiger charge is -2.34. The van der Waals surface area contributed by atoms with Crippen molar-refractivity contribution in [3.63, 3.8) is 0 Å². The lowest BCUT2D eigenvalue weighted by molar-refractivity contribution is -0.188. The lowest BCUT2D eigenvalue weighted by atomic mass is 9.94. The van der Waals surface area contributed by atoms with Crippen LogP contribution in [0.5, 0.6) is 0 Å². The predicted octanol–water partition coefficient (Wildman–Crippen LogP) is 2.66. The number of halogens is 3. The molecule has 0 bridgehead atoms. The van der Waals surface area contributed by atoms with E-state index in [-0.39, 0.29) is 19.6 Å². The van der Waals surface area contributed by atoms with E-state index in [0.717, 1.165) is 24.2 Å². The van der Waals surface area contributed by atoms with E-state index in [0.29, 0.717) is 12.8 Å². The van der Waals surface area contributed by atoms with Crippen molar-refractivity contribution in [2.45, 2.75) is 57.7 Å². The molecule has 0 aromatic rings. The number of ether oxygens (including phenoxy) is 1. The van der Waals surface area contributed by atoms with Crippen LogP contribution in [0.1, 0.15) is 45.4 Å². The third-order valence-electron chi connectivity index (χ3n) is 3.38. The molecule has 1 saturated carbocycles. The Balaban J connectivity index is 2.68. The van der Waals surface area contributed by atoms with Crippen LogP contribution >= 0.6 is 0 Å². The first-order valence-corrected chi connectivity index (χ1v) is 6.89. The van der Waals surface area contributed by atoms with Crippen LogP contribution in [0.4, 0.5) is 13.2 Å². The second kappa shape index (κ2) is 7.50. The Hall–Kier alpha value is -1.27. The normalized spacial score (nSPS) is 16.8. The van der Waals surface area contributed by atoms with Gasteiger partial charge in [-0.3, -0.25) is 9.59 Å². The van der Waals surface area contributed by atoms with Gasteiger partial charge in [-0.15, -0.1) is 0 Å². The van der Waals surface area contributed by atoms with Crippen LogP contribution in [0.2, 0.25) is 0 Å². The van der Waals surface area contributed by atoms with E-state index in [4.69, 9.17) is 0 Å². The summed E-state index contributed by atoms with van der Waals surface area (Å²) >= 11 is 0. The topological polar surface area (TPSA) is 46.6 Å². The van der Waals surface area contributed by atoms with Gasteiger partial charge in [-0.05, 0) is 19.8 Å². The summed E-state index contributed by atoms with van der Waals surface area (Å²) in [5.41, 5.74) is 0. The molecule has 1 rings (SSSR count). The Labute approximate surface area is 116 Å². The first-order valence-electron chi connectivity index (χ1n) is 6.89. The molecule has 0 radical (unpaired) electrons. The Morgan fingerprint density at radius 1 is 1.20 bits per heavy atom. The molecule has 1 aliphatic rings. The highest BCUT2D eigenvalue weighted by molar-refractivity contribution is 5.82. The van der Waals surface area contributed by atoms with E-state index < -0.39 is 24.1 Å². The Morgan fingerprint density at radius 3 is 2.30 bits per heavy atom. The van der Waals surface area contributed by atoms with E-state index >= 15 is 0 Å². The largest absolute Gasteiger partial charge is 0.471 e. The minimum absolute atomic E-state index is 0.176. The van der Waals surface area contributed by atoms with Gasteiger partial charge in [0.2, 0.25) is 0 Å². The number of hydrogen-bond acceptors (Lipinski definition) is 3. The summed E-state index contributed by atoms with van der Waals surface area (Å²) in [6.07, 6.45) is -1.38. The highest BCUT2D eigenvalue weighted by atomic mass is 19.4. The maximum Gasteiger partial charge on any atom is 0.471 e. The molecular formula is C13H20F3NO3. The molecule has 0 saturated heterocycles. The first-order chi connectivity index (χ1) is 9.36. The van der Waals surface area contributed by atoms with Crippen LogP contribution in [0.3, 0.4) is 0 Å². The summed E-state index contributed by atoms with van der Waals surface area (Å²) in [5, 5.41) is 0. The molecule has 0 aliphatic heterocycles. The molecule has 0 atom stereocenters. The van der Waals surface area contributed by atoms with Crippen LogP contribution in [-0.4, -0.2) is 42.1 Å². The number of rotatable bonds is 5. The number of carbonyl (C=O) groups excluding carboxylic acids is 2. The Morgan fingerprint density at radius 2 is 1.80 bits per heavy atom. The van der Waals surface area contributed by atoms with Crippen LogP contribution in [-0.2, 0) is 14.3 Å². The van der Waals surface area contributed by atoms with Crippen molar-refractivity contribution in [3.8, 4) is 0 Å². The zero-order chi connectivity index (χ0) is 15.2. The summed E-state index contributed by atoms with van der Waals surface area (Å²) in [7, 11) is 0. The Kier molecular flexibility index (Phi) is 6.29. The molecule has 20 heavy (non-hydrogen) atoms. The molecule has 0 unspecified atom stereocenters. The number of esters is 1. The van der Waals surface area contributed by atoms with Gasteiger partial charge in [0, 0.05) is 12.6 Å². The fourth-order valence-electron chi connectivity index (χ4n) is 2.45. The van der Waals surface area contributed by atoms with Gasteiger partial charge < -0.3 is 9.64 Å². The van der Waals surface area contributed by atoms with Gasteiger partial charge in [0.05, 0.1) is 13.0 Å². The minimum Gasteiger partial charge on any atom is -0.466 e. The van der Waals surface area contributed by atoms with E-state index in [2.05, 4.69) is 4.74 Å². The van der Waals surface area contributed by atoms with E-state index in [9.17, 15) is 22.8 Å². The van der Waals surface area contributed by atoms with Gasteiger partial charge in [-0.2, -0.15) is 13.2 Å². The summed E-state index contributed by atoms with van der Waals surface area (Å²) in [6, 6.07) is -0.424. The van der Waals surface area contributed by atoms with Crippen molar-refractivity contribution in [1.29, 1.82) is 0 Å². The van der Waals surface area contributed by atoms with Gasteiger partial charge in [0.25, 0.3) is 0 Å². The third-order valence-corrected chi connectivity index (χ3v) is 3.38. The average Bonchev–Trinajstić information content (AvgIpc) is 2.39. The predicted molar refractivity (Wildman–Crippen MR) is 65.9 cm³/mol. The monoisotopic (exact) mass is 295 g/mol. The molecule has 0 heterocycles. The summed E-state index contributed by atoms with van der Waals surface area (Å²) in [4.78, 5) is 23.5. The van der Waals surface area contributed by atoms with Gasteiger partial charge in [0.1, 0.15) is 0 Å². The van der Waals surface area contributed by atoms with Crippen LogP contribution in [0.25, 0.3) is 0 Å². The molecule has 1 fully saturated rings. The van der Waals surface area contributed by atoms with Crippen LogP contribution in [0.15, 0.2) is 0 Å². The minimum atomic E-state index is -4.90. The molecule has 0 aromatic carbocycles. The van der Waals surface area contributed by atoms with Crippen molar-refractivity contribution >= 4 is 11.9 Å². The molecule has 0 N–H and O–H groups in total. The second-order valence-electron chi connectivity index (χ2n) is 4.84. The smallest absolute Gasteiger partial charge is 0.466 e. The molecule has 1 aliphatic carbocycles. The van der Waals surface area contributed by atoms with Crippen LogP contribution < -0.4 is 0 Å². The van der Waals surface area contributed by atoms with Gasteiger partial charge in [-0.1, -0.05) is 19.3 Å². The fourth-order valence-corrected chi connectivity index (χ4v) is 2.45. The number of carbonyl (C=O) groups is 2. The molecule has 0 spiro atoms. The van der Waals surface area contributed by atoms with E-state index in [1.54, 1.807) is 6.92 Å². The average molecular weight is 295 g/mol. The fraction of sp³-hybridized carbons (Fsp3) is 0.846. The molecule has 1 amide bonds. The maximum absolute atomic E-state index is 12.6. The van der Waals surface area contributed by atoms with E-state index in [1.165, 1.54) is 0 Å². The lowest BCUT2D eigenvalue weighted by Crippen LogP contribution is -2.48. The van der Waals surface area contributed by atoms with Crippen molar-refractivity contribution in [1.82, 2.24) is 4.90 Å². The maximum atomic E-state index is 12.6. The van der Waals surface area contributed by atoms with Gasteiger partial charge in [0.15, 0.2) is 0 Å². The molecule has 7 heteroatoms. The molecule has 116 valence electrons. The van der Waals surface area contributed by atoms with Gasteiger partial charge in [-0.25, -0.2) is 0 Å². The quantitative estimate of drug-likeness (QED) is 0.733. The summed E-state index contributed by atoms with van der Waals surface area (Å²) < 4.78 is 42.5. The van der Waals surface area contributed by atoms with Gasteiger partial charge >= 0.3 is 18.1 Å². The highest BCUT2D eigenvalue weighted by Gasteiger charge is 2.44. The number of alkyl halides is 3. The number of amides is 1. The van der Waals surface area contributed by atoms with E-state index in [1.807, 2.05) is 0 Å². The zero-order valence-corrected chi connectivity index (χ0v) is 11.5. The SMILES string of the molecule is CCOC(=O)CCN(C(=O)C(F)(F)F)C1CCCCC1. The standard InChI is InChI=1S/C13H20F3NO3/c1-2-20-11(18)8-9-17(12(19)13(14,15)16)10-6-4-3-5-7-10/h10H,2-9H2,1H3. The number of nitrogens with zero attached hydrogens (tertiary/aromatic N) is 1. The Bertz CT molecular complexity index is 338. The van der Waals surface area contributed by atoms with Crippen molar-refractivity contribution < 1.29 is 27.5 Å². The molecule has 4 nitrogen and oxygen atoms in total. The third kappa shape index (κ3) is 5.02.